The highest BCUT2D eigenvalue weighted by atomic mass is 32.1. The molecule has 1 aromatic heterocycles. The van der Waals surface area contributed by atoms with E-state index < -0.39 is 0 Å². The van der Waals surface area contributed by atoms with Gasteiger partial charge in [0.1, 0.15) is 0 Å². The van der Waals surface area contributed by atoms with E-state index in [1.807, 2.05) is 18.2 Å². The summed E-state index contributed by atoms with van der Waals surface area (Å²) in [6.07, 6.45) is 4.02. The second-order valence-corrected chi connectivity index (χ2v) is 6.61. The molecule has 1 heterocycles. The van der Waals surface area contributed by atoms with E-state index in [0.717, 1.165) is 17.5 Å². The van der Waals surface area contributed by atoms with E-state index in [4.69, 9.17) is 0 Å². The Hall–Kier alpha value is -1.93. The molecule has 1 aliphatic carbocycles. The summed E-state index contributed by atoms with van der Waals surface area (Å²) in [6.45, 7) is 0. The molecule has 0 spiro atoms. The Balaban J connectivity index is 1.63. The minimum Gasteiger partial charge on any atom is -0.294 e. The quantitative estimate of drug-likeness (QED) is 0.633. The molecular formula is C19H16OS. The van der Waals surface area contributed by atoms with E-state index in [9.17, 15) is 4.79 Å². The van der Waals surface area contributed by atoms with Crippen molar-refractivity contribution in [2.45, 2.75) is 25.7 Å². The summed E-state index contributed by atoms with van der Waals surface area (Å²) in [5.74, 6) is 0.230. The second kappa shape index (κ2) is 5.12. The number of benzene rings is 2. The van der Waals surface area contributed by atoms with Crippen molar-refractivity contribution in [3.63, 3.8) is 0 Å². The molecule has 2 heteroatoms. The normalized spacial score (nSPS) is 13.5. The number of thiophene rings is 1. The Morgan fingerprint density at radius 1 is 1.05 bits per heavy atom. The number of Topliss-reactive ketones (excluding diaryl/α,β-unsaturated/α-hetero) is 1. The zero-order valence-electron chi connectivity index (χ0n) is 11.8. The van der Waals surface area contributed by atoms with E-state index in [1.54, 1.807) is 11.3 Å². The molecule has 3 aromatic rings. The van der Waals surface area contributed by atoms with Gasteiger partial charge in [-0.15, -0.1) is 11.3 Å². The number of hydrogen-bond donors (Lipinski definition) is 0. The fourth-order valence-corrected chi connectivity index (χ4v) is 4.15. The van der Waals surface area contributed by atoms with Crippen LogP contribution in [0.4, 0.5) is 0 Å². The molecule has 0 radical (unpaired) electrons. The van der Waals surface area contributed by atoms with Gasteiger partial charge < -0.3 is 0 Å². The Kier molecular flexibility index (Phi) is 3.12. The highest BCUT2D eigenvalue weighted by Gasteiger charge is 2.15. The van der Waals surface area contributed by atoms with E-state index in [0.29, 0.717) is 6.42 Å². The molecule has 4 rings (SSSR count). The van der Waals surface area contributed by atoms with E-state index >= 15 is 0 Å². The van der Waals surface area contributed by atoms with Crippen LogP contribution < -0.4 is 0 Å². The lowest BCUT2D eigenvalue weighted by atomic mass is 9.99. The van der Waals surface area contributed by atoms with Gasteiger partial charge in [-0.1, -0.05) is 30.3 Å². The highest BCUT2D eigenvalue weighted by molar-refractivity contribution is 7.17. The zero-order chi connectivity index (χ0) is 14.2. The molecule has 0 unspecified atom stereocenters. The monoisotopic (exact) mass is 292 g/mol. The Morgan fingerprint density at radius 3 is 2.86 bits per heavy atom. The standard InChI is InChI=1S/C19H16OS/c20-18(15-9-8-13-4-3-5-14(13)10-15)11-16-12-21-19-7-2-1-6-17(16)19/h1-2,6-10,12H,3-5,11H2. The minimum absolute atomic E-state index is 0.230. The predicted octanol–water partition coefficient (Wildman–Crippen LogP) is 4.82. The first kappa shape index (κ1) is 12.8. The molecule has 0 amide bonds. The van der Waals surface area contributed by atoms with Crippen LogP contribution in [0.1, 0.15) is 33.5 Å². The average molecular weight is 292 g/mol. The maximum absolute atomic E-state index is 12.6. The van der Waals surface area contributed by atoms with Crippen molar-refractivity contribution in [1.29, 1.82) is 0 Å². The van der Waals surface area contributed by atoms with Crippen molar-refractivity contribution in [1.82, 2.24) is 0 Å². The van der Waals surface area contributed by atoms with Crippen LogP contribution in [0.5, 0.6) is 0 Å². The van der Waals surface area contributed by atoms with Crippen molar-refractivity contribution in [3.05, 3.63) is 70.1 Å². The fraction of sp³-hybridized carbons (Fsp3) is 0.211. The Morgan fingerprint density at radius 2 is 1.90 bits per heavy atom. The van der Waals surface area contributed by atoms with Crippen LogP contribution in [0.3, 0.4) is 0 Å². The maximum Gasteiger partial charge on any atom is 0.167 e. The van der Waals surface area contributed by atoms with E-state index in [1.165, 1.54) is 34.1 Å². The van der Waals surface area contributed by atoms with Gasteiger partial charge in [-0.25, -0.2) is 0 Å². The largest absolute Gasteiger partial charge is 0.294 e. The lowest BCUT2D eigenvalue weighted by molar-refractivity contribution is 0.0993. The molecule has 104 valence electrons. The molecular weight excluding hydrogens is 276 g/mol. The smallest absolute Gasteiger partial charge is 0.167 e. The van der Waals surface area contributed by atoms with Crippen molar-refractivity contribution < 1.29 is 4.79 Å². The molecule has 0 N–H and O–H groups in total. The third kappa shape index (κ3) is 2.30. The van der Waals surface area contributed by atoms with Gasteiger partial charge in [0.15, 0.2) is 5.78 Å². The lowest BCUT2D eigenvalue weighted by Gasteiger charge is -2.04. The number of fused-ring (bicyclic) bond motifs is 2. The SMILES string of the molecule is O=C(Cc1csc2ccccc12)c1ccc2c(c1)CCC2. The van der Waals surface area contributed by atoms with Gasteiger partial charge in [-0.2, -0.15) is 0 Å². The topological polar surface area (TPSA) is 17.1 Å². The lowest BCUT2D eigenvalue weighted by Crippen LogP contribution is -2.04. The fourth-order valence-electron chi connectivity index (χ4n) is 3.19. The van der Waals surface area contributed by atoms with Gasteiger partial charge in [0, 0.05) is 16.7 Å². The Bertz CT molecular complexity index is 828. The first-order chi connectivity index (χ1) is 10.3. The third-order valence-corrected chi connectivity index (χ3v) is 5.34. The van der Waals surface area contributed by atoms with Gasteiger partial charge in [-0.3, -0.25) is 4.79 Å². The summed E-state index contributed by atoms with van der Waals surface area (Å²) in [5.41, 5.74) is 4.82. The molecule has 0 fully saturated rings. The van der Waals surface area contributed by atoms with Gasteiger partial charge in [0.05, 0.1) is 0 Å². The zero-order valence-corrected chi connectivity index (χ0v) is 12.6. The summed E-state index contributed by atoms with van der Waals surface area (Å²) in [6, 6.07) is 14.6. The van der Waals surface area contributed by atoms with Crippen LogP contribution in [0.25, 0.3) is 10.1 Å². The molecule has 0 saturated heterocycles. The van der Waals surface area contributed by atoms with Crippen molar-refractivity contribution >= 4 is 27.2 Å². The molecule has 21 heavy (non-hydrogen) atoms. The summed E-state index contributed by atoms with van der Waals surface area (Å²) in [4.78, 5) is 12.6. The number of aryl methyl sites for hydroxylation is 2. The molecule has 0 bridgehead atoms. The first-order valence-corrected chi connectivity index (χ1v) is 8.29. The average Bonchev–Trinajstić information content (AvgIpc) is 3.13. The van der Waals surface area contributed by atoms with Gasteiger partial charge >= 0.3 is 0 Å². The van der Waals surface area contributed by atoms with Crippen LogP contribution in [0, 0.1) is 0 Å². The summed E-state index contributed by atoms with van der Waals surface area (Å²) in [5, 5.41) is 3.34. The molecule has 0 saturated carbocycles. The van der Waals surface area contributed by atoms with Crippen molar-refractivity contribution in [2.24, 2.45) is 0 Å². The third-order valence-electron chi connectivity index (χ3n) is 4.33. The molecule has 2 aromatic carbocycles. The molecule has 1 aliphatic rings. The number of carbonyl (C=O) groups excluding carboxylic acids is 1. The predicted molar refractivity (Wildman–Crippen MR) is 88.3 cm³/mol. The van der Waals surface area contributed by atoms with E-state index in [2.05, 4.69) is 29.6 Å². The van der Waals surface area contributed by atoms with Gasteiger partial charge in [0.2, 0.25) is 0 Å². The Labute approximate surface area is 128 Å². The maximum atomic E-state index is 12.6. The number of ketones is 1. The van der Waals surface area contributed by atoms with Crippen molar-refractivity contribution in [2.75, 3.05) is 0 Å². The molecule has 0 aliphatic heterocycles. The second-order valence-electron chi connectivity index (χ2n) is 5.69. The number of hydrogen-bond acceptors (Lipinski definition) is 2. The highest BCUT2D eigenvalue weighted by Crippen LogP contribution is 2.28. The number of rotatable bonds is 3. The summed E-state index contributed by atoms with van der Waals surface area (Å²) in [7, 11) is 0. The van der Waals surface area contributed by atoms with Crippen LogP contribution in [-0.2, 0) is 19.3 Å². The molecule has 0 atom stereocenters. The first-order valence-electron chi connectivity index (χ1n) is 7.41. The van der Waals surface area contributed by atoms with Crippen molar-refractivity contribution in [3.8, 4) is 0 Å². The minimum atomic E-state index is 0.230. The summed E-state index contributed by atoms with van der Waals surface area (Å²) < 4.78 is 1.26. The summed E-state index contributed by atoms with van der Waals surface area (Å²) >= 11 is 1.72. The van der Waals surface area contributed by atoms with E-state index in [-0.39, 0.29) is 5.78 Å². The van der Waals surface area contributed by atoms with Gasteiger partial charge in [0.25, 0.3) is 0 Å². The van der Waals surface area contributed by atoms with Crippen LogP contribution in [0.2, 0.25) is 0 Å². The van der Waals surface area contributed by atoms with Crippen LogP contribution in [-0.4, -0.2) is 5.78 Å². The number of carbonyl (C=O) groups is 1. The van der Waals surface area contributed by atoms with Crippen LogP contribution in [0.15, 0.2) is 47.8 Å². The molecule has 1 nitrogen and oxygen atoms in total. The van der Waals surface area contributed by atoms with Crippen LogP contribution >= 0.6 is 11.3 Å². The van der Waals surface area contributed by atoms with Gasteiger partial charge in [-0.05, 0) is 58.9 Å².